The Labute approximate surface area is 118 Å². The molecule has 0 radical (unpaired) electrons. The van der Waals surface area contributed by atoms with Crippen LogP contribution < -0.4 is 5.32 Å². The van der Waals surface area contributed by atoms with Crippen LogP contribution in [0.3, 0.4) is 0 Å². The number of carbonyl (C=O) groups is 2. The molecule has 1 aromatic rings. The van der Waals surface area contributed by atoms with Crippen LogP contribution in [0.25, 0.3) is 0 Å². The molecule has 2 N–H and O–H groups in total. The van der Waals surface area contributed by atoms with Crippen LogP contribution in [0.5, 0.6) is 0 Å². The lowest BCUT2D eigenvalue weighted by Crippen LogP contribution is -2.44. The SMILES string of the molecule is COC(=O)[C@H](NC(C)=O)[C@@H](O)c1ccc(C(F)(F)F)cc1. The van der Waals surface area contributed by atoms with E-state index in [2.05, 4.69) is 10.1 Å². The van der Waals surface area contributed by atoms with Gasteiger partial charge in [-0.05, 0) is 17.7 Å². The number of aliphatic hydroxyl groups is 1. The van der Waals surface area contributed by atoms with Crippen LogP contribution in [-0.2, 0) is 20.5 Å². The van der Waals surface area contributed by atoms with E-state index in [1.54, 1.807) is 0 Å². The van der Waals surface area contributed by atoms with Crippen molar-refractivity contribution in [2.24, 2.45) is 0 Å². The second-order valence-electron chi connectivity index (χ2n) is 4.27. The summed E-state index contributed by atoms with van der Waals surface area (Å²) in [4.78, 5) is 22.5. The zero-order valence-electron chi connectivity index (χ0n) is 11.3. The molecule has 0 aliphatic carbocycles. The number of hydrogen-bond acceptors (Lipinski definition) is 4. The predicted octanol–water partition coefficient (Wildman–Crippen LogP) is 1.42. The molecular formula is C13H14F3NO4. The lowest BCUT2D eigenvalue weighted by molar-refractivity contribution is -0.148. The van der Waals surface area contributed by atoms with Gasteiger partial charge in [-0.15, -0.1) is 0 Å². The van der Waals surface area contributed by atoms with Crippen molar-refractivity contribution in [2.75, 3.05) is 7.11 Å². The zero-order chi connectivity index (χ0) is 16.2. The fourth-order valence-corrected chi connectivity index (χ4v) is 1.67. The average Bonchev–Trinajstić information content (AvgIpc) is 2.42. The highest BCUT2D eigenvalue weighted by Gasteiger charge is 2.32. The minimum absolute atomic E-state index is 0.0483. The van der Waals surface area contributed by atoms with Crippen LogP contribution in [0, 0.1) is 0 Å². The maximum atomic E-state index is 12.4. The van der Waals surface area contributed by atoms with Crippen molar-refractivity contribution in [2.45, 2.75) is 25.2 Å². The molecule has 116 valence electrons. The lowest BCUT2D eigenvalue weighted by Gasteiger charge is -2.22. The number of esters is 1. The number of hydrogen-bond donors (Lipinski definition) is 2. The Balaban J connectivity index is 3.00. The molecule has 0 heterocycles. The molecule has 1 aromatic carbocycles. The molecule has 0 spiro atoms. The van der Waals surface area contributed by atoms with E-state index < -0.39 is 35.8 Å². The van der Waals surface area contributed by atoms with Gasteiger partial charge in [0.2, 0.25) is 5.91 Å². The summed E-state index contributed by atoms with van der Waals surface area (Å²) in [5.41, 5.74) is -0.834. The number of rotatable bonds is 4. The average molecular weight is 305 g/mol. The highest BCUT2D eigenvalue weighted by Crippen LogP contribution is 2.30. The molecule has 1 rings (SSSR count). The van der Waals surface area contributed by atoms with Gasteiger partial charge in [0, 0.05) is 6.92 Å². The number of nitrogens with one attached hydrogen (secondary N) is 1. The quantitative estimate of drug-likeness (QED) is 0.825. The Hall–Kier alpha value is -2.09. The number of amides is 1. The molecule has 0 aliphatic rings. The summed E-state index contributed by atoms with van der Waals surface area (Å²) in [7, 11) is 1.07. The van der Waals surface area contributed by atoms with Crippen LogP contribution in [0.15, 0.2) is 24.3 Å². The number of aliphatic hydroxyl groups excluding tert-OH is 1. The van der Waals surface area contributed by atoms with Gasteiger partial charge in [-0.25, -0.2) is 4.79 Å². The zero-order valence-corrected chi connectivity index (χ0v) is 11.3. The first-order valence-corrected chi connectivity index (χ1v) is 5.87. The van der Waals surface area contributed by atoms with Crippen LogP contribution in [0.2, 0.25) is 0 Å². The van der Waals surface area contributed by atoms with Gasteiger partial charge in [-0.2, -0.15) is 13.2 Å². The van der Waals surface area contributed by atoms with Crippen molar-refractivity contribution in [1.29, 1.82) is 0 Å². The van der Waals surface area contributed by atoms with Crippen LogP contribution in [0.4, 0.5) is 13.2 Å². The summed E-state index contributed by atoms with van der Waals surface area (Å²) in [5, 5.41) is 12.2. The number of carbonyl (C=O) groups excluding carboxylic acids is 2. The minimum atomic E-state index is -4.50. The lowest BCUT2D eigenvalue weighted by atomic mass is 10.0. The Morgan fingerprint density at radius 1 is 1.24 bits per heavy atom. The molecule has 0 aliphatic heterocycles. The van der Waals surface area contributed by atoms with E-state index in [4.69, 9.17) is 0 Å². The van der Waals surface area contributed by atoms with Crippen molar-refractivity contribution < 1.29 is 32.6 Å². The van der Waals surface area contributed by atoms with E-state index in [0.717, 1.165) is 38.3 Å². The van der Waals surface area contributed by atoms with E-state index in [9.17, 15) is 27.9 Å². The van der Waals surface area contributed by atoms with Gasteiger partial charge in [0.1, 0.15) is 6.10 Å². The summed E-state index contributed by atoms with van der Waals surface area (Å²) in [5.74, 6) is -1.49. The molecule has 21 heavy (non-hydrogen) atoms. The number of halogens is 3. The third-order valence-electron chi connectivity index (χ3n) is 2.71. The van der Waals surface area contributed by atoms with Crippen molar-refractivity contribution in [1.82, 2.24) is 5.32 Å². The molecule has 0 fully saturated rings. The van der Waals surface area contributed by atoms with Gasteiger partial charge in [-0.3, -0.25) is 4.79 Å². The minimum Gasteiger partial charge on any atom is -0.467 e. The molecule has 0 bridgehead atoms. The Morgan fingerprint density at radius 3 is 2.14 bits per heavy atom. The molecule has 5 nitrogen and oxygen atoms in total. The van der Waals surface area contributed by atoms with Gasteiger partial charge in [0.05, 0.1) is 12.7 Å². The van der Waals surface area contributed by atoms with Crippen molar-refractivity contribution >= 4 is 11.9 Å². The van der Waals surface area contributed by atoms with Gasteiger partial charge in [0.15, 0.2) is 6.04 Å². The number of benzene rings is 1. The Morgan fingerprint density at radius 2 is 1.76 bits per heavy atom. The number of methoxy groups -OCH3 is 1. The summed E-state index contributed by atoms with van der Waals surface area (Å²) in [6, 6.07) is 2.22. The van der Waals surface area contributed by atoms with Gasteiger partial charge < -0.3 is 15.2 Å². The third kappa shape index (κ3) is 4.45. The third-order valence-corrected chi connectivity index (χ3v) is 2.71. The van der Waals surface area contributed by atoms with E-state index >= 15 is 0 Å². The van der Waals surface area contributed by atoms with E-state index in [1.807, 2.05) is 0 Å². The first kappa shape index (κ1) is 17.0. The molecule has 1 amide bonds. The van der Waals surface area contributed by atoms with Crippen LogP contribution in [0.1, 0.15) is 24.2 Å². The molecule has 0 saturated carbocycles. The molecule has 8 heteroatoms. The molecule has 2 atom stereocenters. The number of alkyl halides is 3. The first-order chi connectivity index (χ1) is 9.66. The second kappa shape index (κ2) is 6.57. The second-order valence-corrected chi connectivity index (χ2v) is 4.27. The standard InChI is InChI=1S/C13H14F3NO4/c1-7(18)17-10(12(20)21-2)11(19)8-3-5-9(6-4-8)13(14,15)16/h3-6,10-11,19H,1-2H3,(H,17,18)/t10-,11+/m1/s1. The first-order valence-electron chi connectivity index (χ1n) is 5.87. The monoisotopic (exact) mass is 305 g/mol. The molecular weight excluding hydrogens is 291 g/mol. The molecule has 0 aromatic heterocycles. The number of ether oxygens (including phenoxy) is 1. The fourth-order valence-electron chi connectivity index (χ4n) is 1.67. The van der Waals surface area contributed by atoms with E-state index in [-0.39, 0.29) is 5.56 Å². The van der Waals surface area contributed by atoms with Crippen LogP contribution in [-0.4, -0.2) is 30.1 Å². The van der Waals surface area contributed by atoms with Crippen molar-refractivity contribution in [3.63, 3.8) is 0 Å². The largest absolute Gasteiger partial charge is 0.467 e. The maximum Gasteiger partial charge on any atom is 0.416 e. The van der Waals surface area contributed by atoms with Gasteiger partial charge >= 0.3 is 12.1 Å². The molecule has 0 unspecified atom stereocenters. The summed E-state index contributed by atoms with van der Waals surface area (Å²) in [6.45, 7) is 1.13. The highest BCUT2D eigenvalue weighted by molar-refractivity contribution is 5.83. The van der Waals surface area contributed by atoms with Crippen molar-refractivity contribution in [3.8, 4) is 0 Å². The summed E-state index contributed by atoms with van der Waals surface area (Å²) >= 11 is 0. The topological polar surface area (TPSA) is 75.6 Å². The summed E-state index contributed by atoms with van der Waals surface area (Å²) in [6.07, 6.45) is -6.02. The van der Waals surface area contributed by atoms with Crippen LogP contribution >= 0.6 is 0 Å². The smallest absolute Gasteiger partial charge is 0.416 e. The normalized spacial score (nSPS) is 14.2. The van der Waals surface area contributed by atoms with E-state index in [0.29, 0.717) is 0 Å². The van der Waals surface area contributed by atoms with E-state index in [1.165, 1.54) is 0 Å². The summed E-state index contributed by atoms with van der Waals surface area (Å²) < 4.78 is 41.8. The van der Waals surface area contributed by atoms with Crippen molar-refractivity contribution in [3.05, 3.63) is 35.4 Å². The van der Waals surface area contributed by atoms with Gasteiger partial charge in [-0.1, -0.05) is 12.1 Å². The molecule has 0 saturated heterocycles. The fraction of sp³-hybridized carbons (Fsp3) is 0.385. The Bertz CT molecular complexity index is 513. The highest BCUT2D eigenvalue weighted by atomic mass is 19.4. The maximum absolute atomic E-state index is 12.4. The Kier molecular flexibility index (Phi) is 5.31. The predicted molar refractivity (Wildman–Crippen MR) is 66.0 cm³/mol. The van der Waals surface area contributed by atoms with Gasteiger partial charge in [0.25, 0.3) is 0 Å².